The predicted octanol–water partition coefficient (Wildman–Crippen LogP) is 5.63. The Bertz CT molecular complexity index is 1150. The van der Waals surface area contributed by atoms with Crippen molar-refractivity contribution in [3.05, 3.63) is 84.1 Å². The maximum absolute atomic E-state index is 12.7. The van der Waals surface area contributed by atoms with Crippen LogP contribution >= 0.6 is 0 Å². The number of aromatic nitrogens is 1. The van der Waals surface area contributed by atoms with Crippen LogP contribution in [-0.2, 0) is 6.42 Å². The van der Waals surface area contributed by atoms with Crippen LogP contribution in [-0.4, -0.2) is 48.6 Å². The lowest BCUT2D eigenvalue weighted by molar-refractivity contribution is 0.102. The van der Waals surface area contributed by atoms with Gasteiger partial charge in [0.2, 0.25) is 5.88 Å². The molecule has 1 aliphatic heterocycles. The second-order valence-corrected chi connectivity index (χ2v) is 10.1. The molecule has 3 aromatic rings. The van der Waals surface area contributed by atoms with E-state index >= 15 is 0 Å². The highest BCUT2D eigenvalue weighted by Crippen LogP contribution is 2.29. The minimum absolute atomic E-state index is 0.155. The van der Waals surface area contributed by atoms with Crippen molar-refractivity contribution in [1.82, 2.24) is 9.88 Å². The second-order valence-electron chi connectivity index (χ2n) is 10.1. The van der Waals surface area contributed by atoms with Crippen LogP contribution in [0.2, 0.25) is 0 Å². The summed E-state index contributed by atoms with van der Waals surface area (Å²) in [6.45, 7) is 8.05. The van der Waals surface area contributed by atoms with Crippen LogP contribution in [0.15, 0.2) is 72.9 Å². The molecule has 0 aliphatic carbocycles. The fourth-order valence-electron chi connectivity index (χ4n) is 4.12. The molecule has 0 atom stereocenters. The van der Waals surface area contributed by atoms with Gasteiger partial charge in [0.25, 0.3) is 5.91 Å². The summed E-state index contributed by atoms with van der Waals surface area (Å²) in [5, 5.41) is 2.84. The molecule has 0 spiro atoms. The quantitative estimate of drug-likeness (QED) is 0.468. The van der Waals surface area contributed by atoms with Crippen molar-refractivity contribution in [3.63, 3.8) is 0 Å². The van der Waals surface area contributed by atoms with E-state index in [0.717, 1.165) is 26.1 Å². The van der Waals surface area contributed by atoms with E-state index < -0.39 is 6.09 Å². The summed E-state index contributed by atoms with van der Waals surface area (Å²) < 4.78 is 5.32. The Morgan fingerprint density at radius 3 is 2.33 bits per heavy atom. The largest absolute Gasteiger partial charge is 0.420 e. The molecule has 188 valence electrons. The van der Waals surface area contributed by atoms with Gasteiger partial charge in [-0.15, -0.1) is 0 Å². The number of piperidine rings is 1. The van der Waals surface area contributed by atoms with Gasteiger partial charge < -0.3 is 15.0 Å². The number of carbonyl (C=O) groups excluding carboxylic acids is 2. The highest BCUT2D eigenvalue weighted by molar-refractivity contribution is 6.04. The average Bonchev–Trinajstić information content (AvgIpc) is 2.89. The summed E-state index contributed by atoms with van der Waals surface area (Å²) in [6.07, 6.45) is 4.39. The number of rotatable bonds is 7. The Labute approximate surface area is 213 Å². The molecule has 2 amide bonds. The summed E-state index contributed by atoms with van der Waals surface area (Å²) in [7, 11) is 1.63. The first kappa shape index (κ1) is 25.4. The fraction of sp³-hybridized carbons (Fsp3) is 0.345. The molecule has 7 heteroatoms. The molecule has 1 saturated heterocycles. The number of anilines is 2. The maximum atomic E-state index is 12.7. The van der Waals surface area contributed by atoms with E-state index in [9.17, 15) is 9.59 Å². The topological polar surface area (TPSA) is 74.8 Å². The van der Waals surface area contributed by atoms with Gasteiger partial charge in [0.15, 0.2) is 0 Å². The average molecular weight is 487 g/mol. The lowest BCUT2D eigenvalue weighted by atomic mass is 9.82. The zero-order valence-electron chi connectivity index (χ0n) is 21.2. The van der Waals surface area contributed by atoms with Crippen molar-refractivity contribution in [2.45, 2.75) is 33.1 Å². The van der Waals surface area contributed by atoms with Crippen molar-refractivity contribution in [2.75, 3.05) is 36.9 Å². The fourth-order valence-corrected chi connectivity index (χ4v) is 4.12. The minimum Gasteiger partial charge on any atom is -0.391 e. The summed E-state index contributed by atoms with van der Waals surface area (Å²) >= 11 is 0. The number of para-hydroxylation sites is 1. The van der Waals surface area contributed by atoms with Gasteiger partial charge in [-0.3, -0.25) is 9.69 Å². The molecule has 0 bridgehead atoms. The SMILES string of the molecule is CN(C(=O)Oc1ccc(NC(=O)c2ccc(CCN3CCC(C)(C)CC3)cc2)cn1)c1ccccc1. The molecule has 4 rings (SSSR count). The van der Waals surface area contributed by atoms with Gasteiger partial charge >= 0.3 is 6.09 Å². The number of benzene rings is 2. The number of nitrogens with zero attached hydrogens (tertiary/aromatic N) is 3. The number of hydrogen-bond acceptors (Lipinski definition) is 5. The Balaban J connectivity index is 1.25. The van der Waals surface area contributed by atoms with E-state index in [1.165, 1.54) is 29.5 Å². The first-order valence-corrected chi connectivity index (χ1v) is 12.4. The van der Waals surface area contributed by atoms with Gasteiger partial charge in [0.05, 0.1) is 11.9 Å². The zero-order valence-corrected chi connectivity index (χ0v) is 21.2. The van der Waals surface area contributed by atoms with Crippen LogP contribution in [0.5, 0.6) is 5.88 Å². The van der Waals surface area contributed by atoms with Crippen molar-refractivity contribution in [1.29, 1.82) is 0 Å². The molecule has 36 heavy (non-hydrogen) atoms. The number of nitrogens with one attached hydrogen (secondary N) is 1. The van der Waals surface area contributed by atoms with Crippen LogP contribution < -0.4 is 15.0 Å². The third-order valence-electron chi connectivity index (χ3n) is 6.75. The molecule has 1 aromatic heterocycles. The number of amides is 2. The summed E-state index contributed by atoms with van der Waals surface area (Å²) in [6, 6.07) is 20.2. The van der Waals surface area contributed by atoms with Crippen LogP contribution in [0.25, 0.3) is 0 Å². The van der Waals surface area contributed by atoms with Gasteiger partial charge in [0, 0.05) is 30.9 Å². The monoisotopic (exact) mass is 486 g/mol. The Hall–Kier alpha value is -3.71. The standard InChI is InChI=1S/C29H34N4O3/c1-29(2)16-19-33(20-17-29)18-15-22-9-11-23(12-10-22)27(34)31-24-13-14-26(30-21-24)36-28(35)32(3)25-7-5-4-6-8-25/h4-14,21H,15-20H2,1-3H3,(H,31,34). The number of likely N-dealkylation sites (tertiary alicyclic amines) is 1. The molecule has 2 aromatic carbocycles. The number of hydrogen-bond donors (Lipinski definition) is 1. The van der Waals surface area contributed by atoms with E-state index in [-0.39, 0.29) is 11.8 Å². The number of ether oxygens (including phenoxy) is 1. The van der Waals surface area contributed by atoms with Crippen LogP contribution in [0.3, 0.4) is 0 Å². The van der Waals surface area contributed by atoms with Gasteiger partial charge in [-0.1, -0.05) is 44.2 Å². The van der Waals surface area contributed by atoms with Crippen molar-refractivity contribution in [3.8, 4) is 5.88 Å². The van der Waals surface area contributed by atoms with Gasteiger partial charge in [-0.25, -0.2) is 9.78 Å². The molecule has 0 saturated carbocycles. The highest BCUT2D eigenvalue weighted by atomic mass is 16.6. The lowest BCUT2D eigenvalue weighted by Gasteiger charge is -2.36. The Morgan fingerprint density at radius 1 is 1.00 bits per heavy atom. The summed E-state index contributed by atoms with van der Waals surface area (Å²) in [5.41, 5.74) is 3.51. The number of pyridine rings is 1. The first-order valence-electron chi connectivity index (χ1n) is 12.4. The van der Waals surface area contributed by atoms with Gasteiger partial charge in [0.1, 0.15) is 0 Å². The summed E-state index contributed by atoms with van der Waals surface area (Å²) in [4.78, 5) is 33.1. The van der Waals surface area contributed by atoms with Crippen LogP contribution in [0.1, 0.15) is 42.6 Å². The molecule has 2 heterocycles. The predicted molar refractivity (Wildman–Crippen MR) is 143 cm³/mol. The molecule has 1 N–H and O–H groups in total. The van der Waals surface area contributed by atoms with Crippen LogP contribution in [0.4, 0.5) is 16.2 Å². The van der Waals surface area contributed by atoms with Gasteiger partial charge in [-0.05, 0) is 73.7 Å². The Morgan fingerprint density at radius 2 is 1.69 bits per heavy atom. The van der Waals surface area contributed by atoms with Gasteiger partial charge in [-0.2, -0.15) is 0 Å². The smallest absolute Gasteiger partial charge is 0.391 e. The van der Waals surface area contributed by atoms with Crippen molar-refractivity contribution in [2.24, 2.45) is 5.41 Å². The minimum atomic E-state index is -0.547. The van der Waals surface area contributed by atoms with Crippen molar-refractivity contribution >= 4 is 23.4 Å². The van der Waals surface area contributed by atoms with E-state index in [1.54, 1.807) is 19.2 Å². The first-order chi connectivity index (χ1) is 17.3. The summed E-state index contributed by atoms with van der Waals surface area (Å²) in [5.74, 6) is -0.0578. The maximum Gasteiger partial charge on any atom is 0.420 e. The zero-order chi connectivity index (χ0) is 25.5. The van der Waals surface area contributed by atoms with Crippen molar-refractivity contribution < 1.29 is 14.3 Å². The molecular weight excluding hydrogens is 452 g/mol. The van der Waals surface area contributed by atoms with E-state index in [0.29, 0.717) is 22.4 Å². The third kappa shape index (κ3) is 6.92. The van der Waals surface area contributed by atoms with Crippen LogP contribution in [0, 0.1) is 5.41 Å². The molecule has 0 unspecified atom stereocenters. The molecule has 1 aliphatic rings. The molecule has 7 nitrogen and oxygen atoms in total. The third-order valence-corrected chi connectivity index (χ3v) is 6.75. The Kier molecular flexibility index (Phi) is 8.00. The molecule has 1 fully saturated rings. The normalized spacial score (nSPS) is 15.2. The van der Waals surface area contributed by atoms with E-state index in [4.69, 9.17) is 4.74 Å². The highest BCUT2D eigenvalue weighted by Gasteiger charge is 2.24. The van der Waals surface area contributed by atoms with E-state index in [1.807, 2.05) is 54.6 Å². The molecular formula is C29H34N4O3. The lowest BCUT2D eigenvalue weighted by Crippen LogP contribution is -2.38. The molecule has 0 radical (unpaired) electrons. The van der Waals surface area contributed by atoms with E-state index in [2.05, 4.69) is 29.0 Å². The second kappa shape index (κ2) is 11.4. The number of carbonyl (C=O) groups is 2.